The Kier molecular flexibility index (Phi) is 10.0. The first-order valence-corrected chi connectivity index (χ1v) is 14.5. The van der Waals surface area contributed by atoms with Crippen LogP contribution >= 0.6 is 23.2 Å². The third-order valence-electron chi connectivity index (χ3n) is 7.76. The van der Waals surface area contributed by atoms with E-state index in [1.807, 2.05) is 24.3 Å². The average Bonchev–Trinajstić information content (AvgIpc) is 2.95. The van der Waals surface area contributed by atoms with Crippen molar-refractivity contribution in [3.05, 3.63) is 87.9 Å². The summed E-state index contributed by atoms with van der Waals surface area (Å²) in [7, 11) is 0. The number of carbonyl (C=O) groups excluding carboxylic acids is 1. The van der Waals surface area contributed by atoms with Crippen LogP contribution < -0.4 is 10.6 Å². The molecule has 0 radical (unpaired) electrons. The number of benzene rings is 3. The zero-order valence-electron chi connectivity index (χ0n) is 22.6. The lowest BCUT2D eigenvalue weighted by Crippen LogP contribution is -2.54. The van der Waals surface area contributed by atoms with Gasteiger partial charge in [0.05, 0.1) is 18.2 Å². The molecule has 204 valence electrons. The SMILES string of the molecule is CCCC(CC)N1CCC(NCC(=O)Nc2cc(Cl)cc(Cl)c2)(c2ccc(-c3cccc(C#N)c3)cc2)CC1. The lowest BCUT2D eigenvalue weighted by Gasteiger charge is -2.45. The number of piperidine rings is 1. The molecule has 7 heteroatoms. The lowest BCUT2D eigenvalue weighted by molar-refractivity contribution is -0.116. The number of nitrogens with zero attached hydrogens (tertiary/aromatic N) is 2. The molecule has 1 aliphatic heterocycles. The molecule has 0 spiro atoms. The van der Waals surface area contributed by atoms with Crippen molar-refractivity contribution in [2.75, 3.05) is 25.0 Å². The van der Waals surface area contributed by atoms with Crippen LogP contribution in [0.1, 0.15) is 57.1 Å². The van der Waals surface area contributed by atoms with Gasteiger partial charge in [-0.2, -0.15) is 5.26 Å². The van der Waals surface area contributed by atoms with Gasteiger partial charge in [0, 0.05) is 40.4 Å². The van der Waals surface area contributed by atoms with Gasteiger partial charge in [-0.1, -0.05) is 79.9 Å². The number of hydrogen-bond donors (Lipinski definition) is 2. The second-order valence-corrected chi connectivity index (χ2v) is 11.2. The molecule has 3 aromatic rings. The first kappa shape index (κ1) is 29.1. The third-order valence-corrected chi connectivity index (χ3v) is 8.19. The van der Waals surface area contributed by atoms with Gasteiger partial charge in [0.2, 0.25) is 5.91 Å². The van der Waals surface area contributed by atoms with E-state index in [1.54, 1.807) is 18.2 Å². The topological polar surface area (TPSA) is 68.2 Å². The van der Waals surface area contributed by atoms with Crippen molar-refractivity contribution in [3.63, 3.8) is 0 Å². The largest absolute Gasteiger partial charge is 0.325 e. The first-order chi connectivity index (χ1) is 18.9. The number of nitrogens with one attached hydrogen (secondary N) is 2. The highest BCUT2D eigenvalue weighted by molar-refractivity contribution is 6.35. The van der Waals surface area contributed by atoms with Gasteiger partial charge < -0.3 is 10.2 Å². The van der Waals surface area contributed by atoms with Crippen LogP contribution in [0.15, 0.2) is 66.7 Å². The van der Waals surface area contributed by atoms with E-state index in [4.69, 9.17) is 23.2 Å². The van der Waals surface area contributed by atoms with Crippen molar-refractivity contribution in [1.82, 2.24) is 10.2 Å². The maximum Gasteiger partial charge on any atom is 0.238 e. The van der Waals surface area contributed by atoms with Gasteiger partial charge in [-0.15, -0.1) is 0 Å². The van der Waals surface area contributed by atoms with Gasteiger partial charge in [-0.25, -0.2) is 0 Å². The maximum atomic E-state index is 13.0. The van der Waals surface area contributed by atoms with Gasteiger partial charge in [0.1, 0.15) is 0 Å². The molecule has 0 aliphatic carbocycles. The minimum atomic E-state index is -0.322. The molecule has 1 aliphatic rings. The first-order valence-electron chi connectivity index (χ1n) is 13.7. The zero-order valence-corrected chi connectivity index (χ0v) is 24.2. The number of anilines is 1. The van der Waals surface area contributed by atoms with Crippen LogP contribution in [0.2, 0.25) is 10.0 Å². The predicted octanol–water partition coefficient (Wildman–Crippen LogP) is 7.63. The molecule has 5 nitrogen and oxygen atoms in total. The number of likely N-dealkylation sites (tertiary alicyclic amines) is 1. The molecule has 2 N–H and O–H groups in total. The van der Waals surface area contributed by atoms with E-state index in [0.29, 0.717) is 27.3 Å². The smallest absolute Gasteiger partial charge is 0.238 e. The maximum absolute atomic E-state index is 13.0. The fraction of sp³-hybridized carbons (Fsp3) is 0.375. The van der Waals surface area contributed by atoms with Crippen molar-refractivity contribution >= 4 is 34.8 Å². The number of carbonyl (C=O) groups is 1. The summed E-state index contributed by atoms with van der Waals surface area (Å²) < 4.78 is 0. The van der Waals surface area contributed by atoms with Gasteiger partial charge >= 0.3 is 0 Å². The van der Waals surface area contributed by atoms with Crippen LogP contribution in [0.25, 0.3) is 11.1 Å². The Morgan fingerprint density at radius 3 is 2.31 bits per heavy atom. The summed E-state index contributed by atoms with van der Waals surface area (Å²) in [6.45, 7) is 6.64. The Balaban J connectivity index is 1.54. The molecule has 1 atom stereocenters. The Bertz CT molecular complexity index is 1290. The number of halogens is 2. The Morgan fingerprint density at radius 2 is 1.69 bits per heavy atom. The van der Waals surface area contributed by atoms with E-state index in [1.165, 1.54) is 18.4 Å². The number of nitriles is 1. The third kappa shape index (κ3) is 7.41. The quantitative estimate of drug-likeness (QED) is 0.266. The summed E-state index contributed by atoms with van der Waals surface area (Å²) in [6.07, 6.45) is 5.35. The lowest BCUT2D eigenvalue weighted by atomic mass is 9.79. The number of rotatable bonds is 10. The minimum Gasteiger partial charge on any atom is -0.325 e. The molecule has 3 aromatic carbocycles. The summed E-state index contributed by atoms with van der Waals surface area (Å²) in [6, 6.07) is 24.0. The molecule has 0 saturated carbocycles. The fourth-order valence-electron chi connectivity index (χ4n) is 5.65. The molecule has 0 bridgehead atoms. The van der Waals surface area contributed by atoms with Crippen molar-refractivity contribution in [2.45, 2.75) is 57.5 Å². The number of amides is 1. The summed E-state index contributed by atoms with van der Waals surface area (Å²) in [5, 5.41) is 16.8. The highest BCUT2D eigenvalue weighted by Crippen LogP contribution is 2.36. The molecule has 1 heterocycles. The Morgan fingerprint density at radius 1 is 1.00 bits per heavy atom. The minimum absolute atomic E-state index is 0.141. The molecular weight excluding hydrogens is 527 g/mol. The summed E-state index contributed by atoms with van der Waals surface area (Å²) in [4.78, 5) is 15.6. The van der Waals surface area contributed by atoms with Crippen LogP contribution in [-0.2, 0) is 10.3 Å². The molecule has 1 unspecified atom stereocenters. The Hall–Kier alpha value is -2.88. The van der Waals surface area contributed by atoms with Gasteiger partial charge in [0.25, 0.3) is 0 Å². The average molecular weight is 564 g/mol. The van der Waals surface area contributed by atoms with E-state index < -0.39 is 0 Å². The van der Waals surface area contributed by atoms with Crippen molar-refractivity contribution in [1.29, 1.82) is 5.26 Å². The number of hydrogen-bond acceptors (Lipinski definition) is 4. The summed E-state index contributed by atoms with van der Waals surface area (Å²) in [5.41, 5.74) is 4.15. The second kappa shape index (κ2) is 13.5. The molecule has 1 amide bonds. The molecule has 4 rings (SSSR count). The van der Waals surface area contributed by atoms with E-state index in [0.717, 1.165) is 43.5 Å². The molecular formula is C32H36Cl2N4O. The highest BCUT2D eigenvalue weighted by Gasteiger charge is 2.37. The van der Waals surface area contributed by atoms with E-state index in [2.05, 4.69) is 59.7 Å². The summed E-state index contributed by atoms with van der Waals surface area (Å²) >= 11 is 12.2. The van der Waals surface area contributed by atoms with Gasteiger partial charge in [-0.3, -0.25) is 10.1 Å². The van der Waals surface area contributed by atoms with E-state index >= 15 is 0 Å². The van der Waals surface area contributed by atoms with Crippen molar-refractivity contribution in [3.8, 4) is 17.2 Å². The molecule has 1 saturated heterocycles. The van der Waals surface area contributed by atoms with E-state index in [9.17, 15) is 10.1 Å². The monoisotopic (exact) mass is 562 g/mol. The predicted molar refractivity (Wildman–Crippen MR) is 161 cm³/mol. The van der Waals surface area contributed by atoms with Crippen LogP contribution in [-0.4, -0.2) is 36.5 Å². The molecule has 0 aromatic heterocycles. The van der Waals surface area contributed by atoms with Crippen LogP contribution in [0, 0.1) is 11.3 Å². The fourth-order valence-corrected chi connectivity index (χ4v) is 6.17. The molecule has 1 fully saturated rings. The zero-order chi connectivity index (χ0) is 27.8. The van der Waals surface area contributed by atoms with Crippen molar-refractivity contribution in [2.24, 2.45) is 0 Å². The van der Waals surface area contributed by atoms with Crippen LogP contribution in [0.3, 0.4) is 0 Å². The second-order valence-electron chi connectivity index (χ2n) is 10.3. The van der Waals surface area contributed by atoms with Gasteiger partial charge in [-0.05, 0) is 72.7 Å². The Labute approximate surface area is 242 Å². The normalized spacial score (nSPS) is 15.9. The van der Waals surface area contributed by atoms with E-state index in [-0.39, 0.29) is 18.0 Å². The van der Waals surface area contributed by atoms with Crippen LogP contribution in [0.4, 0.5) is 5.69 Å². The summed E-state index contributed by atoms with van der Waals surface area (Å²) in [5.74, 6) is -0.141. The van der Waals surface area contributed by atoms with Crippen LogP contribution in [0.5, 0.6) is 0 Å². The molecule has 39 heavy (non-hydrogen) atoms. The highest BCUT2D eigenvalue weighted by atomic mass is 35.5. The standard InChI is InChI=1S/C32H36Cl2N4O/c1-3-6-30(4-2)38-15-13-32(14-16-38,36-22-31(39)37-29-19-27(33)18-28(34)20-29)26-11-9-24(10-12-26)25-8-5-7-23(17-25)21-35/h5,7-12,17-20,30,36H,3-4,6,13-16,22H2,1-2H3,(H,37,39). The van der Waals surface area contributed by atoms with Gasteiger partial charge in [0.15, 0.2) is 0 Å². The van der Waals surface area contributed by atoms with Crippen molar-refractivity contribution < 1.29 is 4.79 Å².